The van der Waals surface area contributed by atoms with E-state index in [2.05, 4.69) is 22.5 Å². The topological polar surface area (TPSA) is 46.9 Å². The molecular weight excluding hydrogens is 300 g/mol. The van der Waals surface area contributed by atoms with Crippen molar-refractivity contribution in [1.29, 1.82) is 0 Å². The number of likely N-dealkylation sites (tertiary alicyclic amines) is 2. The van der Waals surface area contributed by atoms with E-state index >= 15 is 0 Å². The number of piperidine rings is 2. The summed E-state index contributed by atoms with van der Waals surface area (Å²) in [5.74, 6) is 0.489. The molecule has 0 radical (unpaired) electrons. The second kappa shape index (κ2) is 9.40. The van der Waals surface area contributed by atoms with Gasteiger partial charge >= 0.3 is 0 Å². The summed E-state index contributed by atoms with van der Waals surface area (Å²) in [6.45, 7) is 12.9. The molecule has 0 unspecified atom stereocenters. The lowest BCUT2D eigenvalue weighted by atomic mass is 9.98. The van der Waals surface area contributed by atoms with Crippen molar-refractivity contribution in [1.82, 2.24) is 9.80 Å². The second-order valence-electron chi connectivity index (χ2n) is 7.19. The number of hydrogen-bond acceptors (Lipinski definition) is 4. The predicted octanol–water partition coefficient (Wildman–Crippen LogP) is 3.26. The fourth-order valence-corrected chi connectivity index (χ4v) is 3.72. The zero-order valence-corrected chi connectivity index (χ0v) is 15.4. The molecule has 2 aliphatic rings. The lowest BCUT2D eigenvalue weighted by molar-refractivity contribution is 0.0399. The number of aliphatic hydroxyl groups excluding tert-OH is 2. The molecule has 0 aliphatic carbocycles. The van der Waals surface area contributed by atoms with E-state index in [9.17, 15) is 10.2 Å². The van der Waals surface area contributed by atoms with Gasteiger partial charge in [0.2, 0.25) is 0 Å². The molecule has 24 heavy (non-hydrogen) atoms. The van der Waals surface area contributed by atoms with E-state index in [1.807, 2.05) is 19.9 Å². The lowest BCUT2D eigenvalue weighted by Gasteiger charge is -2.41. The van der Waals surface area contributed by atoms with Crippen LogP contribution >= 0.6 is 0 Å². The smallest absolute Gasteiger partial charge is 0.0964 e. The molecule has 0 saturated carbocycles. The summed E-state index contributed by atoms with van der Waals surface area (Å²) in [7, 11) is 0. The number of rotatable bonds is 6. The minimum Gasteiger partial charge on any atom is -0.512 e. The molecule has 4 nitrogen and oxygen atoms in total. The number of hydrogen-bond donors (Lipinski definition) is 2. The van der Waals surface area contributed by atoms with Gasteiger partial charge in [-0.15, -0.1) is 0 Å². The molecule has 0 atom stereocenters. The number of allylic oxidation sites excluding steroid dienone is 3. The third-order valence-corrected chi connectivity index (χ3v) is 5.40. The van der Waals surface area contributed by atoms with Crippen LogP contribution in [-0.2, 0) is 0 Å². The van der Waals surface area contributed by atoms with Gasteiger partial charge in [0.05, 0.1) is 11.9 Å². The maximum atomic E-state index is 10.2. The van der Waals surface area contributed by atoms with Gasteiger partial charge in [0.25, 0.3) is 0 Å². The maximum absolute atomic E-state index is 10.2. The highest BCUT2D eigenvalue weighted by atomic mass is 16.3. The van der Waals surface area contributed by atoms with Gasteiger partial charge in [0, 0.05) is 37.7 Å². The molecule has 0 bridgehead atoms. The maximum Gasteiger partial charge on any atom is 0.0964 e. The summed E-state index contributed by atoms with van der Waals surface area (Å²) in [6, 6.07) is 0.659. The third-order valence-electron chi connectivity index (χ3n) is 5.40. The van der Waals surface area contributed by atoms with Crippen LogP contribution in [0.1, 0.15) is 46.0 Å². The summed E-state index contributed by atoms with van der Waals surface area (Å²) in [5.41, 5.74) is 2.11. The normalized spacial score (nSPS) is 24.0. The summed E-state index contributed by atoms with van der Waals surface area (Å²) in [6.07, 6.45) is 8.67. The van der Waals surface area contributed by atoms with Crippen molar-refractivity contribution in [3.63, 3.8) is 0 Å². The van der Waals surface area contributed by atoms with E-state index in [-0.39, 0.29) is 6.10 Å². The Balaban J connectivity index is 1.88. The Hall–Kier alpha value is -1.10. The highest BCUT2D eigenvalue weighted by Crippen LogP contribution is 2.22. The molecule has 4 heteroatoms. The molecule has 0 aromatic heterocycles. The van der Waals surface area contributed by atoms with E-state index in [0.717, 1.165) is 56.7 Å². The average Bonchev–Trinajstić information content (AvgIpc) is 2.61. The highest BCUT2D eigenvalue weighted by Gasteiger charge is 2.27. The third kappa shape index (κ3) is 5.47. The van der Waals surface area contributed by atoms with Gasteiger partial charge in [0.1, 0.15) is 0 Å². The van der Waals surface area contributed by atoms with Crippen molar-refractivity contribution in [2.24, 2.45) is 0 Å². The van der Waals surface area contributed by atoms with Gasteiger partial charge in [-0.1, -0.05) is 31.2 Å². The highest BCUT2D eigenvalue weighted by molar-refractivity contribution is 5.31. The summed E-state index contributed by atoms with van der Waals surface area (Å²) in [4.78, 5) is 5.01. The van der Waals surface area contributed by atoms with Crippen LogP contribution in [0.4, 0.5) is 0 Å². The fourth-order valence-electron chi connectivity index (χ4n) is 3.72. The Labute approximate surface area is 147 Å². The van der Waals surface area contributed by atoms with Crippen LogP contribution in [0.15, 0.2) is 35.6 Å². The van der Waals surface area contributed by atoms with E-state index in [4.69, 9.17) is 0 Å². The molecule has 2 rings (SSSR count). The first-order valence-electron chi connectivity index (χ1n) is 9.39. The molecular formula is C20H34N2O2. The Morgan fingerprint density at radius 3 is 2.29 bits per heavy atom. The van der Waals surface area contributed by atoms with Crippen LogP contribution in [0.25, 0.3) is 0 Å². The molecule has 136 valence electrons. The SMILES string of the molecule is C=C/C(C)=C\C(CN1CCC(N2CCC(O)CC2)CC1)=C(\O)CC. The molecule has 0 aromatic rings. The van der Waals surface area contributed by atoms with Crippen LogP contribution in [-0.4, -0.2) is 64.9 Å². The zero-order valence-electron chi connectivity index (χ0n) is 15.4. The molecule has 2 saturated heterocycles. The van der Waals surface area contributed by atoms with Crippen LogP contribution in [0.3, 0.4) is 0 Å². The number of aliphatic hydroxyl groups is 2. The van der Waals surface area contributed by atoms with Crippen LogP contribution < -0.4 is 0 Å². The van der Waals surface area contributed by atoms with Gasteiger partial charge in [-0.2, -0.15) is 0 Å². The van der Waals surface area contributed by atoms with Gasteiger partial charge < -0.3 is 15.1 Å². The summed E-state index contributed by atoms with van der Waals surface area (Å²) < 4.78 is 0. The van der Waals surface area contributed by atoms with Crippen molar-refractivity contribution in [2.45, 2.75) is 58.1 Å². The average molecular weight is 335 g/mol. The largest absolute Gasteiger partial charge is 0.512 e. The van der Waals surface area contributed by atoms with Gasteiger partial charge in [-0.05, 0) is 45.7 Å². The molecule has 0 amide bonds. The van der Waals surface area contributed by atoms with Crippen LogP contribution in [0, 0.1) is 0 Å². The van der Waals surface area contributed by atoms with Gasteiger partial charge in [0.15, 0.2) is 0 Å². The molecule has 2 N–H and O–H groups in total. The standard InChI is InChI=1S/C20H34N2O2/c1-4-16(3)14-17(20(24)5-2)15-21-10-6-18(7-11-21)22-12-8-19(23)9-13-22/h4,14,18-19,23-24H,1,5-13,15H2,2-3H3/b16-14-,20-17-. The predicted molar refractivity (Wildman–Crippen MR) is 100 cm³/mol. The second-order valence-corrected chi connectivity index (χ2v) is 7.19. The Morgan fingerprint density at radius 1 is 1.12 bits per heavy atom. The molecule has 0 aromatic carbocycles. The molecule has 0 spiro atoms. The number of nitrogens with zero attached hydrogens (tertiary/aromatic N) is 2. The fraction of sp³-hybridized carbons (Fsp3) is 0.700. The first kappa shape index (κ1) is 19.2. The Kier molecular flexibility index (Phi) is 7.53. The quantitative estimate of drug-likeness (QED) is 0.578. The van der Waals surface area contributed by atoms with E-state index in [1.165, 1.54) is 12.8 Å². The first-order chi connectivity index (χ1) is 11.5. The minimum absolute atomic E-state index is 0.0917. The summed E-state index contributed by atoms with van der Waals surface area (Å²) >= 11 is 0. The lowest BCUT2D eigenvalue weighted by Crippen LogP contribution is -2.48. The summed E-state index contributed by atoms with van der Waals surface area (Å²) in [5, 5.41) is 19.9. The van der Waals surface area contributed by atoms with Crippen molar-refractivity contribution in [3.8, 4) is 0 Å². The van der Waals surface area contributed by atoms with Crippen molar-refractivity contribution < 1.29 is 10.2 Å². The van der Waals surface area contributed by atoms with Gasteiger partial charge in [-0.3, -0.25) is 4.90 Å². The molecule has 2 heterocycles. The van der Waals surface area contributed by atoms with E-state index < -0.39 is 0 Å². The minimum atomic E-state index is -0.0917. The van der Waals surface area contributed by atoms with Crippen LogP contribution in [0.5, 0.6) is 0 Å². The van der Waals surface area contributed by atoms with Gasteiger partial charge in [-0.25, -0.2) is 0 Å². The van der Waals surface area contributed by atoms with Crippen molar-refractivity contribution in [3.05, 3.63) is 35.6 Å². The van der Waals surface area contributed by atoms with E-state index in [0.29, 0.717) is 18.2 Å². The van der Waals surface area contributed by atoms with Crippen molar-refractivity contribution in [2.75, 3.05) is 32.7 Å². The Bertz CT molecular complexity index is 468. The molecule has 2 fully saturated rings. The zero-order chi connectivity index (χ0) is 17.5. The van der Waals surface area contributed by atoms with Crippen LogP contribution in [0.2, 0.25) is 0 Å². The van der Waals surface area contributed by atoms with Crippen molar-refractivity contribution >= 4 is 0 Å². The monoisotopic (exact) mass is 334 g/mol. The first-order valence-corrected chi connectivity index (χ1v) is 9.39. The Morgan fingerprint density at radius 2 is 1.75 bits per heavy atom. The molecule has 2 aliphatic heterocycles. The van der Waals surface area contributed by atoms with E-state index in [1.54, 1.807) is 0 Å².